The van der Waals surface area contributed by atoms with Crippen molar-refractivity contribution >= 4 is 6.29 Å². The number of carbonyl (C=O) groups excluding carboxylic acids is 1. The minimum absolute atomic E-state index is 0.214. The molecule has 0 aliphatic rings. The predicted molar refractivity (Wildman–Crippen MR) is 33.5 cm³/mol. The van der Waals surface area contributed by atoms with E-state index in [0.717, 1.165) is 12.7 Å². The van der Waals surface area contributed by atoms with Crippen LogP contribution < -0.4 is 5.73 Å². The van der Waals surface area contributed by atoms with Gasteiger partial charge in [0.05, 0.1) is 0 Å². The molecule has 0 saturated carbocycles. The highest BCUT2D eigenvalue weighted by Gasteiger charge is 2.13. The van der Waals surface area contributed by atoms with E-state index in [1.54, 1.807) is 0 Å². The van der Waals surface area contributed by atoms with Crippen LogP contribution in [0, 0.1) is 5.41 Å². The molecule has 0 aromatic rings. The van der Waals surface area contributed by atoms with Crippen molar-refractivity contribution in [3.63, 3.8) is 0 Å². The first-order valence-corrected chi connectivity index (χ1v) is 2.79. The van der Waals surface area contributed by atoms with Crippen molar-refractivity contribution < 1.29 is 4.79 Å². The Morgan fingerprint density at radius 3 is 2.25 bits per heavy atom. The predicted octanol–water partition coefficient (Wildman–Crippen LogP) is 0.560. The molecule has 0 spiro atoms. The SMILES string of the molecule is CC(C)(C=O)CCN. The van der Waals surface area contributed by atoms with E-state index in [4.69, 9.17) is 5.73 Å². The minimum Gasteiger partial charge on any atom is -0.330 e. The lowest BCUT2D eigenvalue weighted by Crippen LogP contribution is -2.17. The van der Waals surface area contributed by atoms with E-state index in [-0.39, 0.29) is 5.41 Å². The summed E-state index contributed by atoms with van der Waals surface area (Å²) in [4.78, 5) is 10.2. The monoisotopic (exact) mass is 115 g/mol. The van der Waals surface area contributed by atoms with Crippen molar-refractivity contribution in [3.8, 4) is 0 Å². The molecule has 0 aromatic carbocycles. The van der Waals surface area contributed by atoms with Crippen LogP contribution in [0.3, 0.4) is 0 Å². The van der Waals surface area contributed by atoms with Gasteiger partial charge < -0.3 is 10.5 Å². The quantitative estimate of drug-likeness (QED) is 0.546. The molecule has 0 aromatic heterocycles. The van der Waals surface area contributed by atoms with Gasteiger partial charge in [-0.1, -0.05) is 13.8 Å². The molecule has 0 bridgehead atoms. The number of hydrogen-bond acceptors (Lipinski definition) is 2. The summed E-state index contributed by atoms with van der Waals surface area (Å²) in [6.45, 7) is 4.35. The van der Waals surface area contributed by atoms with Crippen molar-refractivity contribution in [2.75, 3.05) is 6.54 Å². The van der Waals surface area contributed by atoms with Gasteiger partial charge in [-0.25, -0.2) is 0 Å². The second-order valence-corrected chi connectivity index (χ2v) is 2.65. The van der Waals surface area contributed by atoms with Crippen LogP contribution in [0.1, 0.15) is 20.3 Å². The molecule has 48 valence electrons. The van der Waals surface area contributed by atoms with Gasteiger partial charge in [0, 0.05) is 5.41 Å². The Hall–Kier alpha value is -0.370. The molecule has 8 heavy (non-hydrogen) atoms. The molecule has 0 rings (SSSR count). The molecule has 2 N–H and O–H groups in total. The van der Waals surface area contributed by atoms with Crippen LogP contribution in [0.25, 0.3) is 0 Å². The maximum Gasteiger partial charge on any atom is 0.125 e. The van der Waals surface area contributed by atoms with Crippen LogP contribution in [0.4, 0.5) is 0 Å². The lowest BCUT2D eigenvalue weighted by atomic mass is 9.92. The molecule has 0 amide bonds. The first kappa shape index (κ1) is 7.63. The minimum atomic E-state index is -0.214. The fraction of sp³-hybridized carbons (Fsp3) is 0.833. The van der Waals surface area contributed by atoms with E-state index >= 15 is 0 Å². The Kier molecular flexibility index (Phi) is 2.69. The number of hydrogen-bond donors (Lipinski definition) is 1. The molecular weight excluding hydrogens is 102 g/mol. The van der Waals surface area contributed by atoms with Gasteiger partial charge in [-0.15, -0.1) is 0 Å². The summed E-state index contributed by atoms with van der Waals surface area (Å²) in [5, 5.41) is 0. The summed E-state index contributed by atoms with van der Waals surface area (Å²) < 4.78 is 0. The maximum absolute atomic E-state index is 10.2. The van der Waals surface area contributed by atoms with E-state index in [2.05, 4.69) is 0 Å². The zero-order valence-electron chi connectivity index (χ0n) is 5.48. The highest BCUT2D eigenvalue weighted by molar-refractivity contribution is 5.57. The third-order valence-corrected chi connectivity index (χ3v) is 1.11. The van der Waals surface area contributed by atoms with Crippen LogP contribution in [-0.4, -0.2) is 12.8 Å². The van der Waals surface area contributed by atoms with Crippen molar-refractivity contribution in [2.45, 2.75) is 20.3 Å². The fourth-order valence-corrected chi connectivity index (χ4v) is 0.431. The number of nitrogens with two attached hydrogens (primary N) is 1. The Labute approximate surface area is 50.1 Å². The summed E-state index contributed by atoms with van der Waals surface area (Å²) in [5.41, 5.74) is 5.02. The van der Waals surface area contributed by atoms with Gasteiger partial charge in [-0.2, -0.15) is 0 Å². The fourth-order valence-electron chi connectivity index (χ4n) is 0.431. The topological polar surface area (TPSA) is 43.1 Å². The zero-order valence-corrected chi connectivity index (χ0v) is 5.48. The van der Waals surface area contributed by atoms with Crippen LogP contribution in [0.5, 0.6) is 0 Å². The van der Waals surface area contributed by atoms with Crippen LogP contribution in [0.2, 0.25) is 0 Å². The van der Waals surface area contributed by atoms with E-state index in [1.807, 2.05) is 13.8 Å². The van der Waals surface area contributed by atoms with Crippen LogP contribution in [0.15, 0.2) is 0 Å². The Morgan fingerprint density at radius 1 is 1.62 bits per heavy atom. The van der Waals surface area contributed by atoms with Crippen LogP contribution in [-0.2, 0) is 4.79 Å². The Morgan fingerprint density at radius 2 is 2.12 bits per heavy atom. The summed E-state index contributed by atoms with van der Waals surface area (Å²) in [6, 6.07) is 0. The number of rotatable bonds is 3. The molecule has 0 aliphatic carbocycles. The molecule has 0 unspecified atom stereocenters. The van der Waals surface area contributed by atoms with Gasteiger partial charge >= 0.3 is 0 Å². The lowest BCUT2D eigenvalue weighted by Gasteiger charge is -2.13. The molecule has 0 aliphatic heterocycles. The lowest BCUT2D eigenvalue weighted by molar-refractivity contribution is -0.114. The molecule has 0 atom stereocenters. The van der Waals surface area contributed by atoms with Gasteiger partial charge in [0.1, 0.15) is 6.29 Å². The van der Waals surface area contributed by atoms with Gasteiger partial charge in [0.15, 0.2) is 0 Å². The summed E-state index contributed by atoms with van der Waals surface area (Å²) in [6.07, 6.45) is 1.72. The van der Waals surface area contributed by atoms with Gasteiger partial charge in [-0.05, 0) is 13.0 Å². The summed E-state index contributed by atoms with van der Waals surface area (Å²) in [7, 11) is 0. The highest BCUT2D eigenvalue weighted by atomic mass is 16.1. The van der Waals surface area contributed by atoms with Gasteiger partial charge in [-0.3, -0.25) is 0 Å². The smallest absolute Gasteiger partial charge is 0.125 e. The number of aldehydes is 1. The van der Waals surface area contributed by atoms with Crippen molar-refractivity contribution in [2.24, 2.45) is 11.1 Å². The van der Waals surface area contributed by atoms with E-state index in [9.17, 15) is 4.79 Å². The normalized spacial score (nSPS) is 11.4. The van der Waals surface area contributed by atoms with E-state index < -0.39 is 0 Å². The van der Waals surface area contributed by atoms with E-state index in [0.29, 0.717) is 6.54 Å². The third kappa shape index (κ3) is 2.75. The Bertz CT molecular complexity index is 78.6. The molecule has 2 nitrogen and oxygen atoms in total. The van der Waals surface area contributed by atoms with Gasteiger partial charge in [0.2, 0.25) is 0 Å². The second-order valence-electron chi connectivity index (χ2n) is 2.65. The molecule has 2 heteroatoms. The highest BCUT2D eigenvalue weighted by Crippen LogP contribution is 2.14. The van der Waals surface area contributed by atoms with Crippen LogP contribution >= 0.6 is 0 Å². The van der Waals surface area contributed by atoms with Crippen molar-refractivity contribution in [3.05, 3.63) is 0 Å². The molecule has 0 heterocycles. The molecule has 0 fully saturated rings. The maximum atomic E-state index is 10.2. The zero-order chi connectivity index (χ0) is 6.62. The standard InChI is InChI=1S/C6H13NO/c1-6(2,5-8)3-4-7/h5H,3-4,7H2,1-2H3. The molecule has 0 saturated heterocycles. The Balaban J connectivity index is 3.53. The largest absolute Gasteiger partial charge is 0.330 e. The summed E-state index contributed by atoms with van der Waals surface area (Å²) in [5.74, 6) is 0. The molecular formula is C6H13NO. The van der Waals surface area contributed by atoms with Crippen molar-refractivity contribution in [1.29, 1.82) is 0 Å². The van der Waals surface area contributed by atoms with E-state index in [1.165, 1.54) is 0 Å². The summed E-state index contributed by atoms with van der Waals surface area (Å²) >= 11 is 0. The number of carbonyl (C=O) groups is 1. The molecule has 0 radical (unpaired) electrons. The average Bonchev–Trinajstić information content (AvgIpc) is 1.67. The van der Waals surface area contributed by atoms with Gasteiger partial charge in [0.25, 0.3) is 0 Å². The third-order valence-electron chi connectivity index (χ3n) is 1.11. The first-order valence-electron chi connectivity index (χ1n) is 2.79. The average molecular weight is 115 g/mol. The first-order chi connectivity index (χ1) is 3.62. The van der Waals surface area contributed by atoms with Crippen molar-refractivity contribution in [1.82, 2.24) is 0 Å². The second kappa shape index (κ2) is 2.82.